The molecule has 114 valence electrons. The molecule has 0 saturated carbocycles. The molecule has 0 bridgehead atoms. The average molecular weight is 301 g/mol. The van der Waals surface area contributed by atoms with Crippen molar-refractivity contribution in [3.63, 3.8) is 0 Å². The van der Waals surface area contributed by atoms with E-state index in [1.54, 1.807) is 12.3 Å². The highest BCUT2D eigenvalue weighted by molar-refractivity contribution is 7.89. The largest absolute Gasteiger partial charge is 0.381 e. The van der Waals surface area contributed by atoms with Gasteiger partial charge in [0.05, 0.1) is 4.90 Å². The van der Waals surface area contributed by atoms with E-state index in [0.717, 1.165) is 31.7 Å². The number of sulfonamides is 1. The second kappa shape index (κ2) is 6.71. The molecular weight excluding hydrogens is 278 g/mol. The SMILES string of the molecule is CNCc1cc(S(=O)(=O)NCC2CCOCC2)cn1C. The van der Waals surface area contributed by atoms with Crippen LogP contribution in [-0.4, -0.2) is 39.8 Å². The Kier molecular flexibility index (Phi) is 5.20. The molecule has 0 unspecified atom stereocenters. The topological polar surface area (TPSA) is 72.4 Å². The van der Waals surface area contributed by atoms with Crippen LogP contribution in [-0.2, 0) is 28.4 Å². The molecule has 1 aliphatic heterocycles. The van der Waals surface area contributed by atoms with Crippen molar-refractivity contribution >= 4 is 10.0 Å². The lowest BCUT2D eigenvalue weighted by Crippen LogP contribution is -2.32. The molecule has 7 heteroatoms. The van der Waals surface area contributed by atoms with Crippen molar-refractivity contribution in [2.75, 3.05) is 26.8 Å². The van der Waals surface area contributed by atoms with Crippen LogP contribution >= 0.6 is 0 Å². The fraction of sp³-hybridized carbons (Fsp3) is 0.692. The number of aromatic nitrogens is 1. The molecule has 0 aliphatic carbocycles. The lowest BCUT2D eigenvalue weighted by atomic mass is 10.0. The van der Waals surface area contributed by atoms with Gasteiger partial charge in [0.1, 0.15) is 0 Å². The van der Waals surface area contributed by atoms with Crippen molar-refractivity contribution in [2.24, 2.45) is 13.0 Å². The zero-order chi connectivity index (χ0) is 14.6. The Morgan fingerprint density at radius 2 is 2.10 bits per heavy atom. The standard InChI is InChI=1S/C13H23N3O3S/c1-14-9-12-7-13(10-16(12)2)20(17,18)15-8-11-3-5-19-6-4-11/h7,10-11,14-15H,3-6,8-9H2,1-2H3. The summed E-state index contributed by atoms with van der Waals surface area (Å²) in [5, 5.41) is 3.02. The molecule has 0 atom stereocenters. The fourth-order valence-electron chi connectivity index (χ4n) is 2.34. The molecule has 1 aromatic rings. The number of hydrogen-bond acceptors (Lipinski definition) is 4. The summed E-state index contributed by atoms with van der Waals surface area (Å²) >= 11 is 0. The van der Waals surface area contributed by atoms with Gasteiger partial charge in [0.2, 0.25) is 10.0 Å². The molecule has 20 heavy (non-hydrogen) atoms. The predicted octanol–water partition coefficient (Wildman–Crippen LogP) is 0.449. The van der Waals surface area contributed by atoms with Gasteiger partial charge in [0.15, 0.2) is 0 Å². The van der Waals surface area contributed by atoms with Gasteiger partial charge in [-0.15, -0.1) is 0 Å². The van der Waals surface area contributed by atoms with Crippen LogP contribution < -0.4 is 10.0 Å². The van der Waals surface area contributed by atoms with E-state index < -0.39 is 10.0 Å². The van der Waals surface area contributed by atoms with E-state index in [1.807, 2.05) is 18.7 Å². The number of nitrogens with zero attached hydrogens (tertiary/aromatic N) is 1. The molecule has 1 fully saturated rings. The van der Waals surface area contributed by atoms with Crippen molar-refractivity contribution in [1.82, 2.24) is 14.6 Å². The van der Waals surface area contributed by atoms with E-state index in [2.05, 4.69) is 10.0 Å². The number of rotatable bonds is 6. The molecule has 2 heterocycles. The van der Waals surface area contributed by atoms with E-state index in [4.69, 9.17) is 4.74 Å². The second-order valence-electron chi connectivity index (χ2n) is 5.22. The fourth-order valence-corrected chi connectivity index (χ4v) is 3.55. The van der Waals surface area contributed by atoms with Gasteiger partial charge in [-0.3, -0.25) is 0 Å². The first-order valence-electron chi connectivity index (χ1n) is 6.90. The maximum absolute atomic E-state index is 12.3. The summed E-state index contributed by atoms with van der Waals surface area (Å²) in [5.41, 5.74) is 0.943. The van der Waals surface area contributed by atoms with Crippen molar-refractivity contribution in [2.45, 2.75) is 24.3 Å². The zero-order valence-electron chi connectivity index (χ0n) is 12.1. The predicted molar refractivity (Wildman–Crippen MR) is 76.9 cm³/mol. The van der Waals surface area contributed by atoms with Gasteiger partial charge in [0.25, 0.3) is 0 Å². The maximum Gasteiger partial charge on any atom is 0.242 e. The third-order valence-corrected chi connectivity index (χ3v) is 5.04. The summed E-state index contributed by atoms with van der Waals surface area (Å²) in [6.45, 7) is 2.59. The smallest absolute Gasteiger partial charge is 0.242 e. The van der Waals surface area contributed by atoms with Crippen LogP contribution in [0, 0.1) is 5.92 Å². The van der Waals surface area contributed by atoms with Crippen molar-refractivity contribution < 1.29 is 13.2 Å². The molecule has 1 aliphatic rings. The first kappa shape index (κ1) is 15.5. The van der Waals surface area contributed by atoms with Gasteiger partial charge in [-0.05, 0) is 31.9 Å². The molecule has 0 spiro atoms. The summed E-state index contributed by atoms with van der Waals surface area (Å²) < 4.78 is 34.4. The van der Waals surface area contributed by atoms with Crippen molar-refractivity contribution in [1.29, 1.82) is 0 Å². The Bertz CT molecular complexity index is 533. The Morgan fingerprint density at radius 1 is 1.40 bits per heavy atom. The van der Waals surface area contributed by atoms with Crippen LogP contribution in [0.1, 0.15) is 18.5 Å². The first-order chi connectivity index (χ1) is 9.53. The molecule has 1 saturated heterocycles. The van der Waals surface area contributed by atoms with Crippen LogP contribution in [0.25, 0.3) is 0 Å². The van der Waals surface area contributed by atoms with Crippen LogP contribution in [0.4, 0.5) is 0 Å². The minimum atomic E-state index is -3.42. The van der Waals surface area contributed by atoms with Crippen molar-refractivity contribution in [3.8, 4) is 0 Å². The third kappa shape index (κ3) is 3.82. The van der Waals surface area contributed by atoms with Gasteiger partial charge in [-0.1, -0.05) is 0 Å². The minimum Gasteiger partial charge on any atom is -0.381 e. The van der Waals surface area contributed by atoms with Crippen LogP contribution in [0.2, 0.25) is 0 Å². The van der Waals surface area contributed by atoms with Gasteiger partial charge >= 0.3 is 0 Å². The van der Waals surface area contributed by atoms with Crippen LogP contribution in [0.15, 0.2) is 17.2 Å². The van der Waals surface area contributed by atoms with Crippen molar-refractivity contribution in [3.05, 3.63) is 18.0 Å². The number of nitrogens with one attached hydrogen (secondary N) is 2. The molecule has 2 N–H and O–H groups in total. The molecule has 2 rings (SSSR count). The second-order valence-corrected chi connectivity index (χ2v) is 6.98. The summed E-state index contributed by atoms with van der Waals surface area (Å²) in [5.74, 6) is 0.374. The number of ether oxygens (including phenoxy) is 1. The minimum absolute atomic E-state index is 0.331. The zero-order valence-corrected chi connectivity index (χ0v) is 12.9. The Morgan fingerprint density at radius 3 is 2.75 bits per heavy atom. The molecule has 6 nitrogen and oxygen atoms in total. The number of hydrogen-bond donors (Lipinski definition) is 2. The normalized spacial score (nSPS) is 17.5. The molecule has 1 aromatic heterocycles. The third-order valence-electron chi connectivity index (χ3n) is 3.65. The summed E-state index contributed by atoms with van der Waals surface area (Å²) in [4.78, 5) is 0.331. The Hall–Kier alpha value is -0.890. The highest BCUT2D eigenvalue weighted by Crippen LogP contribution is 2.16. The Labute approximate surface area is 120 Å². The van der Waals surface area contributed by atoms with E-state index in [1.165, 1.54) is 0 Å². The molecule has 0 radical (unpaired) electrons. The lowest BCUT2D eigenvalue weighted by Gasteiger charge is -2.21. The van der Waals surface area contributed by atoms with Crippen LogP contribution in [0.3, 0.4) is 0 Å². The average Bonchev–Trinajstić information content (AvgIpc) is 2.81. The highest BCUT2D eigenvalue weighted by atomic mass is 32.2. The maximum atomic E-state index is 12.3. The van der Waals surface area contributed by atoms with Gasteiger partial charge < -0.3 is 14.6 Å². The van der Waals surface area contributed by atoms with Gasteiger partial charge in [0, 0.05) is 45.2 Å². The summed E-state index contributed by atoms with van der Waals surface area (Å²) in [6.07, 6.45) is 3.49. The van der Waals surface area contributed by atoms with Gasteiger partial charge in [-0.25, -0.2) is 13.1 Å². The van der Waals surface area contributed by atoms with E-state index in [0.29, 0.717) is 23.9 Å². The van der Waals surface area contributed by atoms with Crippen LogP contribution in [0.5, 0.6) is 0 Å². The van der Waals surface area contributed by atoms with Gasteiger partial charge in [-0.2, -0.15) is 0 Å². The van der Waals surface area contributed by atoms with E-state index in [-0.39, 0.29) is 0 Å². The lowest BCUT2D eigenvalue weighted by molar-refractivity contribution is 0.0678. The van der Waals surface area contributed by atoms with E-state index >= 15 is 0 Å². The summed E-state index contributed by atoms with van der Waals surface area (Å²) in [7, 11) is 0.270. The summed E-state index contributed by atoms with van der Waals surface area (Å²) in [6, 6.07) is 1.71. The first-order valence-corrected chi connectivity index (χ1v) is 8.38. The quantitative estimate of drug-likeness (QED) is 0.800. The highest BCUT2D eigenvalue weighted by Gasteiger charge is 2.20. The van der Waals surface area contributed by atoms with E-state index in [9.17, 15) is 8.42 Å². The Balaban J connectivity index is 2.00. The molecule has 0 amide bonds. The number of aryl methyl sites for hydroxylation is 1. The molecule has 0 aromatic carbocycles. The molecular formula is C13H23N3O3S. The monoisotopic (exact) mass is 301 g/mol.